The predicted molar refractivity (Wildman–Crippen MR) is 95.9 cm³/mol. The number of benzene rings is 1. The van der Waals surface area contributed by atoms with E-state index in [0.29, 0.717) is 18.5 Å². The van der Waals surface area contributed by atoms with Gasteiger partial charge >= 0.3 is 0 Å². The molecular weight excluding hydrogens is 300 g/mol. The van der Waals surface area contributed by atoms with Gasteiger partial charge in [0.2, 0.25) is 5.91 Å². The summed E-state index contributed by atoms with van der Waals surface area (Å²) >= 11 is 0. The minimum atomic E-state index is 0.227. The lowest BCUT2D eigenvalue weighted by atomic mass is 9.90. The van der Waals surface area contributed by atoms with Gasteiger partial charge in [-0.25, -0.2) is 0 Å². The standard InChI is InChI=1S/C20H30N2O2/c1-16-15-24-17(2)13-22(16)14-20(23)21-10-8-19(9-11-21)12-18-6-4-3-5-7-18/h3-7,16-17,19H,8-15H2,1-2H3. The molecule has 2 unspecified atom stereocenters. The van der Waals surface area contributed by atoms with Gasteiger partial charge in [0, 0.05) is 25.7 Å². The second-order valence-corrected chi connectivity index (χ2v) is 7.44. The Balaban J connectivity index is 1.45. The third kappa shape index (κ3) is 4.58. The van der Waals surface area contributed by atoms with Crippen molar-refractivity contribution in [3.8, 4) is 0 Å². The molecule has 2 aliphatic rings. The summed E-state index contributed by atoms with van der Waals surface area (Å²) < 4.78 is 5.65. The summed E-state index contributed by atoms with van der Waals surface area (Å²) in [6.45, 7) is 8.17. The number of hydrogen-bond donors (Lipinski definition) is 0. The van der Waals surface area contributed by atoms with Crippen molar-refractivity contribution in [3.05, 3.63) is 35.9 Å². The largest absolute Gasteiger partial charge is 0.376 e. The van der Waals surface area contributed by atoms with Crippen LogP contribution in [0.4, 0.5) is 0 Å². The van der Waals surface area contributed by atoms with E-state index in [-0.39, 0.29) is 12.0 Å². The SMILES string of the molecule is CC1CN(CC(=O)N2CCC(Cc3ccccc3)CC2)C(C)CO1. The molecule has 1 aromatic rings. The van der Waals surface area contributed by atoms with E-state index in [2.05, 4.69) is 54.0 Å². The molecule has 0 aromatic heterocycles. The molecule has 0 N–H and O–H groups in total. The number of carbonyl (C=O) groups is 1. The molecule has 4 nitrogen and oxygen atoms in total. The number of piperidine rings is 1. The van der Waals surface area contributed by atoms with Gasteiger partial charge in [-0.3, -0.25) is 9.69 Å². The van der Waals surface area contributed by atoms with Crippen LogP contribution in [0, 0.1) is 5.92 Å². The number of likely N-dealkylation sites (tertiary alicyclic amines) is 1. The number of morpholine rings is 1. The Morgan fingerprint density at radius 2 is 1.88 bits per heavy atom. The summed E-state index contributed by atoms with van der Waals surface area (Å²) in [5.74, 6) is 0.993. The fourth-order valence-corrected chi connectivity index (χ4v) is 3.80. The first-order valence-corrected chi connectivity index (χ1v) is 9.29. The average Bonchev–Trinajstić information content (AvgIpc) is 2.60. The number of hydrogen-bond acceptors (Lipinski definition) is 3. The fraction of sp³-hybridized carbons (Fsp3) is 0.650. The number of ether oxygens (including phenoxy) is 1. The Morgan fingerprint density at radius 3 is 2.58 bits per heavy atom. The molecule has 0 bridgehead atoms. The number of rotatable bonds is 4. The van der Waals surface area contributed by atoms with Crippen LogP contribution < -0.4 is 0 Å². The van der Waals surface area contributed by atoms with Crippen LogP contribution in [0.3, 0.4) is 0 Å². The van der Waals surface area contributed by atoms with Crippen molar-refractivity contribution in [2.24, 2.45) is 5.92 Å². The van der Waals surface area contributed by atoms with Gasteiger partial charge in [-0.15, -0.1) is 0 Å². The molecule has 24 heavy (non-hydrogen) atoms. The molecular formula is C20H30N2O2. The van der Waals surface area contributed by atoms with Crippen LogP contribution in [0.15, 0.2) is 30.3 Å². The molecule has 132 valence electrons. The molecule has 0 spiro atoms. The van der Waals surface area contributed by atoms with E-state index in [0.717, 1.165) is 45.5 Å². The summed E-state index contributed by atoms with van der Waals surface area (Å²) in [6.07, 6.45) is 3.61. The first kappa shape index (κ1) is 17.4. The highest BCUT2D eigenvalue weighted by molar-refractivity contribution is 5.78. The molecule has 2 saturated heterocycles. The second kappa shape index (κ2) is 8.13. The monoisotopic (exact) mass is 330 g/mol. The number of nitrogens with zero attached hydrogens (tertiary/aromatic N) is 2. The lowest BCUT2D eigenvalue weighted by Gasteiger charge is -2.38. The zero-order valence-electron chi connectivity index (χ0n) is 15.0. The highest BCUT2D eigenvalue weighted by Gasteiger charge is 2.28. The zero-order chi connectivity index (χ0) is 16.9. The minimum Gasteiger partial charge on any atom is -0.376 e. The van der Waals surface area contributed by atoms with Crippen molar-refractivity contribution in [1.29, 1.82) is 0 Å². The number of amides is 1. The van der Waals surface area contributed by atoms with Gasteiger partial charge < -0.3 is 9.64 Å². The highest BCUT2D eigenvalue weighted by atomic mass is 16.5. The third-order valence-electron chi connectivity index (χ3n) is 5.41. The van der Waals surface area contributed by atoms with Crippen molar-refractivity contribution in [1.82, 2.24) is 9.80 Å². The van der Waals surface area contributed by atoms with Gasteiger partial charge in [0.1, 0.15) is 0 Å². The Hall–Kier alpha value is -1.39. The van der Waals surface area contributed by atoms with E-state index in [1.165, 1.54) is 5.56 Å². The van der Waals surface area contributed by atoms with Crippen molar-refractivity contribution < 1.29 is 9.53 Å². The van der Waals surface area contributed by atoms with Crippen LogP contribution >= 0.6 is 0 Å². The molecule has 0 saturated carbocycles. The maximum Gasteiger partial charge on any atom is 0.236 e. The van der Waals surface area contributed by atoms with E-state index in [1.54, 1.807) is 0 Å². The normalized spacial score (nSPS) is 26.5. The molecule has 2 atom stereocenters. The molecule has 0 aliphatic carbocycles. The first-order valence-electron chi connectivity index (χ1n) is 9.29. The van der Waals surface area contributed by atoms with Crippen molar-refractivity contribution >= 4 is 5.91 Å². The lowest BCUT2D eigenvalue weighted by molar-refractivity contribution is -0.137. The summed E-state index contributed by atoms with van der Waals surface area (Å²) in [7, 11) is 0. The van der Waals surface area contributed by atoms with Crippen LogP contribution in [0.1, 0.15) is 32.3 Å². The summed E-state index contributed by atoms with van der Waals surface area (Å²) in [5, 5.41) is 0. The molecule has 2 fully saturated rings. The third-order valence-corrected chi connectivity index (χ3v) is 5.41. The maximum atomic E-state index is 12.6. The Labute approximate surface area is 145 Å². The first-order chi connectivity index (χ1) is 11.6. The van der Waals surface area contributed by atoms with E-state index in [4.69, 9.17) is 4.74 Å². The van der Waals surface area contributed by atoms with Crippen LogP contribution in [0.2, 0.25) is 0 Å². The van der Waals surface area contributed by atoms with Crippen molar-refractivity contribution in [2.45, 2.75) is 45.3 Å². The van der Waals surface area contributed by atoms with Crippen LogP contribution in [-0.4, -0.2) is 60.6 Å². The van der Waals surface area contributed by atoms with E-state index < -0.39 is 0 Å². The average molecular weight is 330 g/mol. The van der Waals surface area contributed by atoms with Gasteiger partial charge in [0.15, 0.2) is 0 Å². The van der Waals surface area contributed by atoms with E-state index in [9.17, 15) is 4.79 Å². The second-order valence-electron chi connectivity index (χ2n) is 7.44. The van der Waals surface area contributed by atoms with Crippen LogP contribution in [-0.2, 0) is 16.0 Å². The zero-order valence-corrected chi connectivity index (χ0v) is 15.0. The van der Waals surface area contributed by atoms with Gasteiger partial charge in [0.25, 0.3) is 0 Å². The van der Waals surface area contributed by atoms with Crippen molar-refractivity contribution in [3.63, 3.8) is 0 Å². The molecule has 4 heteroatoms. The summed E-state index contributed by atoms with van der Waals surface area (Å²) in [6, 6.07) is 11.0. The topological polar surface area (TPSA) is 32.8 Å². The Morgan fingerprint density at radius 1 is 1.17 bits per heavy atom. The number of carbonyl (C=O) groups excluding carboxylic acids is 1. The van der Waals surface area contributed by atoms with E-state index >= 15 is 0 Å². The fourth-order valence-electron chi connectivity index (χ4n) is 3.80. The molecule has 2 heterocycles. The van der Waals surface area contributed by atoms with E-state index in [1.807, 2.05) is 0 Å². The summed E-state index contributed by atoms with van der Waals surface area (Å²) in [5.41, 5.74) is 1.42. The van der Waals surface area contributed by atoms with Gasteiger partial charge in [-0.2, -0.15) is 0 Å². The van der Waals surface area contributed by atoms with Gasteiger partial charge in [0.05, 0.1) is 19.3 Å². The van der Waals surface area contributed by atoms with Crippen molar-refractivity contribution in [2.75, 3.05) is 32.8 Å². The minimum absolute atomic E-state index is 0.227. The lowest BCUT2D eigenvalue weighted by Crippen LogP contribution is -2.52. The molecule has 1 aromatic carbocycles. The summed E-state index contributed by atoms with van der Waals surface area (Å²) in [4.78, 5) is 17.0. The predicted octanol–water partition coefficient (Wildman–Crippen LogP) is 2.58. The maximum absolute atomic E-state index is 12.6. The van der Waals surface area contributed by atoms with Crippen LogP contribution in [0.25, 0.3) is 0 Å². The molecule has 2 aliphatic heterocycles. The molecule has 0 radical (unpaired) electrons. The van der Waals surface area contributed by atoms with Gasteiger partial charge in [-0.05, 0) is 44.6 Å². The van der Waals surface area contributed by atoms with Crippen LogP contribution in [0.5, 0.6) is 0 Å². The Kier molecular flexibility index (Phi) is 5.90. The quantitative estimate of drug-likeness (QED) is 0.851. The molecule has 3 rings (SSSR count). The Bertz CT molecular complexity index is 526. The molecule has 1 amide bonds. The van der Waals surface area contributed by atoms with Gasteiger partial charge in [-0.1, -0.05) is 30.3 Å². The smallest absolute Gasteiger partial charge is 0.236 e. The highest BCUT2D eigenvalue weighted by Crippen LogP contribution is 2.22.